The molecule has 0 aromatic heterocycles. The summed E-state index contributed by atoms with van der Waals surface area (Å²) in [6.45, 7) is 0. The molecular weight excluding hydrogens is 208 g/mol. The highest BCUT2D eigenvalue weighted by Gasteiger charge is 2.44. The molecule has 0 unspecified atom stereocenters. The second-order valence-corrected chi connectivity index (χ2v) is 1.99. The van der Waals surface area contributed by atoms with E-state index in [0.717, 1.165) is 0 Å². The summed E-state index contributed by atoms with van der Waals surface area (Å²) in [6, 6.07) is 0. The molecule has 0 aliphatic carbocycles. The number of alkyl halides is 4. The normalized spacial score (nSPS) is 15.2. The van der Waals surface area contributed by atoms with Crippen molar-refractivity contribution in [3.63, 3.8) is 0 Å². The van der Waals surface area contributed by atoms with Gasteiger partial charge in [-0.25, -0.2) is 4.39 Å². The third-order valence-corrected chi connectivity index (χ3v) is 0.889. The van der Waals surface area contributed by atoms with Crippen molar-refractivity contribution in [3.8, 4) is 0 Å². The zero-order valence-electron chi connectivity index (χ0n) is 3.88. The maximum atomic E-state index is 11.5. The molecule has 0 spiro atoms. The van der Waals surface area contributed by atoms with Crippen molar-refractivity contribution in [2.45, 2.75) is 12.3 Å². The molecule has 0 aromatic carbocycles. The Morgan fingerprint density at radius 2 is 1.78 bits per heavy atom. The largest absolute Gasteiger partial charge is 0.427 e. The van der Waals surface area contributed by atoms with Crippen molar-refractivity contribution in [1.82, 2.24) is 0 Å². The van der Waals surface area contributed by atoms with Crippen LogP contribution in [0.5, 0.6) is 0 Å². The van der Waals surface area contributed by atoms with Gasteiger partial charge in [-0.15, -0.1) is 0 Å². The Balaban J connectivity index is 4.04. The molecule has 0 rings (SSSR count). The minimum atomic E-state index is -5.08. The second-order valence-electron chi connectivity index (χ2n) is 1.21. The molecule has 0 N–H and O–H groups in total. The van der Waals surface area contributed by atoms with Crippen LogP contribution in [0.2, 0.25) is 0 Å². The summed E-state index contributed by atoms with van der Waals surface area (Å²) in [5, 5.41) is 0. The van der Waals surface area contributed by atoms with Gasteiger partial charge >= 0.3 is 6.18 Å². The van der Waals surface area contributed by atoms with Crippen molar-refractivity contribution in [3.05, 3.63) is 0 Å². The van der Waals surface area contributed by atoms with Gasteiger partial charge in [-0.05, 0) is 15.9 Å². The van der Waals surface area contributed by atoms with E-state index < -0.39 is 17.0 Å². The highest BCUT2D eigenvalue weighted by atomic mass is 79.9. The van der Waals surface area contributed by atoms with E-state index in [9.17, 15) is 22.4 Å². The number of carbonyl (C=O) groups is 1. The molecule has 0 heterocycles. The minimum absolute atomic E-state index is 1.70. The average Bonchev–Trinajstić information content (AvgIpc) is 1.62. The number of rotatable bonds is 1. The molecule has 0 radical (unpaired) electrons. The van der Waals surface area contributed by atoms with Gasteiger partial charge in [-0.3, -0.25) is 4.79 Å². The lowest BCUT2D eigenvalue weighted by molar-refractivity contribution is -0.180. The Bertz CT molecular complexity index is 119. The quantitative estimate of drug-likeness (QED) is 0.475. The smallest absolute Gasteiger partial charge is 0.283 e. The summed E-state index contributed by atoms with van der Waals surface area (Å²) in [6.07, 6.45) is -8.49. The Morgan fingerprint density at radius 3 is 1.78 bits per heavy atom. The maximum Gasteiger partial charge on any atom is 0.427 e. The first-order chi connectivity index (χ1) is 3.85. The van der Waals surface area contributed by atoms with Gasteiger partial charge in [-0.2, -0.15) is 13.2 Å². The summed E-state index contributed by atoms with van der Waals surface area (Å²) in [7, 11) is 0. The standard InChI is InChI=1S/C3HBrF4O/c4-2(9)1(5)3(6,7)8/h1H/t1-/m1/s1. The van der Waals surface area contributed by atoms with Crippen molar-refractivity contribution in [1.29, 1.82) is 0 Å². The molecule has 0 aliphatic heterocycles. The molecule has 0 fully saturated rings. The molecule has 0 aliphatic rings. The molecule has 1 atom stereocenters. The Hall–Kier alpha value is -0.130. The van der Waals surface area contributed by atoms with E-state index in [1.807, 2.05) is 15.9 Å². The van der Waals surface area contributed by atoms with Gasteiger partial charge in [0.15, 0.2) is 0 Å². The molecule has 0 aromatic rings. The molecule has 0 amide bonds. The monoisotopic (exact) mass is 208 g/mol. The fraction of sp³-hybridized carbons (Fsp3) is 0.667. The van der Waals surface area contributed by atoms with Crippen LogP contribution < -0.4 is 0 Å². The first-order valence-corrected chi connectivity index (χ1v) is 2.55. The van der Waals surface area contributed by atoms with Gasteiger partial charge in [0.25, 0.3) is 6.17 Å². The van der Waals surface area contributed by atoms with Gasteiger partial charge in [-0.1, -0.05) is 0 Å². The number of carbonyl (C=O) groups excluding carboxylic acids is 1. The van der Waals surface area contributed by atoms with Crippen LogP contribution in [0.4, 0.5) is 17.6 Å². The first kappa shape index (κ1) is 8.87. The lowest BCUT2D eigenvalue weighted by atomic mass is 10.4. The van der Waals surface area contributed by atoms with E-state index in [4.69, 9.17) is 0 Å². The SMILES string of the molecule is O=C(Br)[C@@H](F)C(F)(F)F. The fourth-order valence-electron chi connectivity index (χ4n) is 0.129. The van der Waals surface area contributed by atoms with E-state index in [-0.39, 0.29) is 0 Å². The first-order valence-electron chi connectivity index (χ1n) is 1.76. The predicted octanol–water partition coefficient (Wildman–Crippen LogP) is 1.81. The van der Waals surface area contributed by atoms with Crippen LogP contribution in [0, 0.1) is 0 Å². The maximum absolute atomic E-state index is 11.5. The molecule has 54 valence electrons. The summed E-state index contributed by atoms with van der Waals surface area (Å²) >= 11 is 1.84. The predicted molar refractivity (Wildman–Crippen MR) is 24.9 cm³/mol. The zero-order valence-corrected chi connectivity index (χ0v) is 5.46. The van der Waals surface area contributed by atoms with Gasteiger partial charge in [0.2, 0.25) is 4.69 Å². The van der Waals surface area contributed by atoms with E-state index in [2.05, 4.69) is 0 Å². The summed E-state index contributed by atoms with van der Waals surface area (Å²) in [5.74, 6) is 0. The lowest BCUT2D eigenvalue weighted by Gasteiger charge is -2.05. The molecular formula is C3HBrF4O. The fourth-order valence-corrected chi connectivity index (χ4v) is 0.388. The third kappa shape index (κ3) is 2.78. The van der Waals surface area contributed by atoms with Crippen LogP contribution in [0.1, 0.15) is 0 Å². The lowest BCUT2D eigenvalue weighted by Crippen LogP contribution is -2.29. The van der Waals surface area contributed by atoms with Crippen LogP contribution in [0.15, 0.2) is 0 Å². The second kappa shape index (κ2) is 2.64. The molecule has 0 bridgehead atoms. The van der Waals surface area contributed by atoms with Crippen molar-refractivity contribution in [2.24, 2.45) is 0 Å². The third-order valence-electron chi connectivity index (χ3n) is 0.487. The van der Waals surface area contributed by atoms with Crippen LogP contribution in [-0.2, 0) is 4.79 Å². The number of hydrogen-bond donors (Lipinski definition) is 0. The van der Waals surface area contributed by atoms with Gasteiger partial charge in [0.1, 0.15) is 0 Å². The molecule has 9 heavy (non-hydrogen) atoms. The zero-order chi connectivity index (χ0) is 7.65. The summed E-state index contributed by atoms with van der Waals surface area (Å²) in [4.78, 5) is 9.61. The Kier molecular flexibility index (Phi) is 2.60. The highest BCUT2D eigenvalue weighted by Crippen LogP contribution is 2.24. The Labute approximate surface area is 56.2 Å². The van der Waals surface area contributed by atoms with Crippen LogP contribution in [0.3, 0.4) is 0 Å². The van der Waals surface area contributed by atoms with E-state index in [1.165, 1.54) is 0 Å². The van der Waals surface area contributed by atoms with Crippen LogP contribution in [-0.4, -0.2) is 17.0 Å². The van der Waals surface area contributed by atoms with Crippen molar-refractivity contribution in [2.75, 3.05) is 0 Å². The molecule has 6 heteroatoms. The van der Waals surface area contributed by atoms with Crippen molar-refractivity contribution < 1.29 is 22.4 Å². The van der Waals surface area contributed by atoms with Crippen LogP contribution >= 0.6 is 15.9 Å². The van der Waals surface area contributed by atoms with E-state index in [1.54, 1.807) is 0 Å². The minimum Gasteiger partial charge on any atom is -0.283 e. The van der Waals surface area contributed by atoms with E-state index >= 15 is 0 Å². The Morgan fingerprint density at radius 1 is 1.44 bits per heavy atom. The molecule has 0 saturated heterocycles. The average molecular weight is 209 g/mol. The van der Waals surface area contributed by atoms with Gasteiger partial charge in [0.05, 0.1) is 0 Å². The van der Waals surface area contributed by atoms with Crippen molar-refractivity contribution >= 4 is 20.6 Å². The number of hydrogen-bond acceptors (Lipinski definition) is 1. The van der Waals surface area contributed by atoms with E-state index in [0.29, 0.717) is 0 Å². The van der Waals surface area contributed by atoms with Crippen LogP contribution in [0.25, 0.3) is 0 Å². The highest BCUT2D eigenvalue weighted by molar-refractivity contribution is 9.18. The molecule has 1 nitrogen and oxygen atoms in total. The molecule has 0 saturated carbocycles. The topological polar surface area (TPSA) is 17.1 Å². The summed E-state index contributed by atoms with van der Waals surface area (Å²) < 4.78 is 43.0. The number of halogens is 5. The summed E-state index contributed by atoms with van der Waals surface area (Å²) in [5.41, 5.74) is 0. The van der Waals surface area contributed by atoms with Gasteiger partial charge < -0.3 is 0 Å². The van der Waals surface area contributed by atoms with Gasteiger partial charge in [0, 0.05) is 0 Å².